The van der Waals surface area contributed by atoms with Gasteiger partial charge in [-0.25, -0.2) is 0 Å². The van der Waals surface area contributed by atoms with Crippen molar-refractivity contribution in [2.45, 2.75) is 19.6 Å². The van der Waals surface area contributed by atoms with E-state index in [0.29, 0.717) is 34.1 Å². The third kappa shape index (κ3) is 5.32. The maximum absolute atomic E-state index is 13.1. The Labute approximate surface area is 212 Å². The second-order valence-electron chi connectivity index (χ2n) is 8.18. The van der Waals surface area contributed by atoms with Crippen molar-refractivity contribution in [3.05, 3.63) is 94.1 Å². The lowest BCUT2D eigenvalue weighted by Crippen LogP contribution is -2.16. The summed E-state index contributed by atoms with van der Waals surface area (Å²) in [6, 6.07) is 17.3. The van der Waals surface area contributed by atoms with E-state index in [1.54, 1.807) is 53.2 Å². The third-order valence-corrected chi connectivity index (χ3v) is 5.97. The van der Waals surface area contributed by atoms with E-state index in [1.165, 1.54) is 0 Å². The predicted molar refractivity (Wildman–Crippen MR) is 142 cm³/mol. The normalized spacial score (nSPS) is 10.8. The van der Waals surface area contributed by atoms with Crippen molar-refractivity contribution in [3.8, 4) is 0 Å². The fourth-order valence-electron chi connectivity index (χ4n) is 4.07. The lowest BCUT2D eigenvalue weighted by atomic mass is 10.1. The molecular weight excluding hydrogens is 480 g/mol. The maximum Gasteiger partial charge on any atom is 0.323 e. The first kappa shape index (κ1) is 24.8. The summed E-state index contributed by atoms with van der Waals surface area (Å²) in [5, 5.41) is 24.3. The number of carbonyl (C=O) groups is 2. The molecule has 184 valence electrons. The number of hydrogen-bond donors (Lipinski definition) is 6. The van der Waals surface area contributed by atoms with Crippen LogP contribution in [0.15, 0.2) is 66.9 Å². The summed E-state index contributed by atoms with van der Waals surface area (Å²) in [6.07, 6.45) is 1.76. The average Bonchev–Trinajstić information content (AvgIpc) is 3.21. The first-order valence-electron chi connectivity index (χ1n) is 11.1. The Balaban J connectivity index is 1.61. The van der Waals surface area contributed by atoms with Crippen LogP contribution in [0.5, 0.6) is 0 Å². The molecule has 4 rings (SSSR count). The zero-order valence-electron chi connectivity index (χ0n) is 19.2. The summed E-state index contributed by atoms with van der Waals surface area (Å²) < 4.78 is 1.68. The molecule has 0 fully saturated rings. The summed E-state index contributed by atoms with van der Waals surface area (Å²) in [6.45, 7) is 0.430. The number of fused-ring (bicyclic) bond motifs is 1. The molecule has 8 N–H and O–H groups in total. The first-order chi connectivity index (χ1) is 17.3. The number of anilines is 2. The molecule has 0 aliphatic carbocycles. The number of aliphatic carboxylic acids is 1. The minimum absolute atomic E-state index is 0.0581. The first-order valence-corrected chi connectivity index (χ1v) is 11.5. The molecule has 1 amide bonds. The van der Waals surface area contributed by atoms with Gasteiger partial charge in [0.2, 0.25) is 0 Å². The summed E-state index contributed by atoms with van der Waals surface area (Å²) >= 11 is 6.19. The molecule has 36 heavy (non-hydrogen) atoms. The third-order valence-electron chi connectivity index (χ3n) is 5.74. The molecule has 0 saturated heterocycles. The zero-order valence-corrected chi connectivity index (χ0v) is 20.0. The van der Waals surface area contributed by atoms with Crippen molar-refractivity contribution in [3.63, 3.8) is 0 Å². The molecule has 10 heteroatoms. The Morgan fingerprint density at radius 1 is 1.06 bits per heavy atom. The second kappa shape index (κ2) is 10.5. The summed E-state index contributed by atoms with van der Waals surface area (Å²) in [7, 11) is 0. The number of halogens is 1. The van der Waals surface area contributed by atoms with Gasteiger partial charge >= 0.3 is 5.97 Å². The van der Waals surface area contributed by atoms with E-state index in [9.17, 15) is 14.7 Å². The Kier molecular flexibility index (Phi) is 7.23. The van der Waals surface area contributed by atoms with Crippen LogP contribution in [-0.4, -0.2) is 27.4 Å². The quantitative estimate of drug-likeness (QED) is 0.149. The van der Waals surface area contributed by atoms with Crippen LogP contribution in [0.1, 0.15) is 27.0 Å². The molecule has 1 heterocycles. The number of carbonyl (C=O) groups excluding carboxylic acids is 1. The van der Waals surface area contributed by atoms with Crippen LogP contribution < -0.4 is 22.1 Å². The Morgan fingerprint density at radius 3 is 2.47 bits per heavy atom. The van der Waals surface area contributed by atoms with Gasteiger partial charge in [0.1, 0.15) is 12.4 Å². The van der Waals surface area contributed by atoms with Crippen molar-refractivity contribution in [2.75, 3.05) is 10.6 Å². The molecule has 0 radical (unpaired) electrons. The highest BCUT2D eigenvalue weighted by Crippen LogP contribution is 2.27. The van der Waals surface area contributed by atoms with Crippen LogP contribution in [-0.2, 0) is 24.4 Å². The van der Waals surface area contributed by atoms with Gasteiger partial charge in [-0.15, -0.1) is 0 Å². The number of nitrogens with zero attached hydrogens (tertiary/aromatic N) is 1. The molecule has 0 spiro atoms. The molecule has 3 aromatic carbocycles. The number of nitrogen functional groups attached to an aromatic ring is 1. The number of nitrogens with one attached hydrogen (secondary N) is 3. The Morgan fingerprint density at radius 2 is 1.81 bits per heavy atom. The smallest absolute Gasteiger partial charge is 0.323 e. The second-order valence-corrected chi connectivity index (χ2v) is 8.62. The predicted octanol–water partition coefficient (Wildman–Crippen LogP) is 3.99. The van der Waals surface area contributed by atoms with Crippen LogP contribution in [0.2, 0.25) is 5.02 Å². The molecule has 0 aliphatic rings. The largest absolute Gasteiger partial charge is 0.480 e. The van der Waals surface area contributed by atoms with E-state index < -0.39 is 5.97 Å². The Bertz CT molecular complexity index is 1460. The maximum atomic E-state index is 13.1. The van der Waals surface area contributed by atoms with Gasteiger partial charge in [-0.05, 0) is 53.6 Å². The van der Waals surface area contributed by atoms with Gasteiger partial charge in [0, 0.05) is 46.6 Å². The van der Waals surface area contributed by atoms with Crippen molar-refractivity contribution in [1.82, 2.24) is 4.57 Å². The minimum Gasteiger partial charge on any atom is -0.480 e. The van der Waals surface area contributed by atoms with Crippen molar-refractivity contribution >= 4 is 51.6 Å². The number of nitrogens with two attached hydrogens (primary N) is 2. The number of benzene rings is 3. The van der Waals surface area contributed by atoms with Crippen LogP contribution in [0.25, 0.3) is 10.9 Å². The molecular formula is C26H25ClN6O3. The van der Waals surface area contributed by atoms with Crippen LogP contribution in [0.4, 0.5) is 11.4 Å². The van der Waals surface area contributed by atoms with Gasteiger partial charge in [0.25, 0.3) is 5.91 Å². The molecule has 0 saturated carbocycles. The summed E-state index contributed by atoms with van der Waals surface area (Å²) in [5.41, 5.74) is 15.9. The van der Waals surface area contributed by atoms with Gasteiger partial charge in [-0.1, -0.05) is 29.8 Å². The van der Waals surface area contributed by atoms with Crippen LogP contribution in [0.3, 0.4) is 0 Å². The standard InChI is InChI=1S/C26H25ClN6O3/c27-18-6-9-22(21(10-18)26(36)32-19-7-4-15(5-8-19)25(29)30)31-12-16-2-1-3-20-17(11-28)13-33(24(16)20)14-23(34)35/h1-10,13,31H,11-12,14,28H2,(H3,29,30)(H,32,36)(H,34,35). The van der Waals surface area contributed by atoms with E-state index >= 15 is 0 Å². The zero-order chi connectivity index (χ0) is 25.8. The van der Waals surface area contributed by atoms with Gasteiger partial charge < -0.3 is 31.8 Å². The molecule has 0 atom stereocenters. The van der Waals surface area contributed by atoms with E-state index in [0.717, 1.165) is 22.0 Å². The highest BCUT2D eigenvalue weighted by Gasteiger charge is 2.16. The fourth-order valence-corrected chi connectivity index (χ4v) is 4.24. The van der Waals surface area contributed by atoms with E-state index in [4.69, 9.17) is 28.5 Å². The van der Waals surface area contributed by atoms with Gasteiger partial charge in [-0.2, -0.15) is 0 Å². The number of para-hydroxylation sites is 1. The summed E-state index contributed by atoms with van der Waals surface area (Å²) in [5.74, 6) is -1.38. The van der Waals surface area contributed by atoms with Gasteiger partial charge in [0.05, 0.1) is 11.1 Å². The number of hydrogen-bond acceptors (Lipinski definition) is 5. The molecule has 0 bridgehead atoms. The molecule has 1 aromatic heterocycles. The van der Waals surface area contributed by atoms with E-state index in [-0.39, 0.29) is 24.8 Å². The SMILES string of the molecule is N=C(N)c1ccc(NC(=O)c2cc(Cl)ccc2NCc2cccc3c(CN)cn(CC(=O)O)c23)cc1. The molecule has 0 unspecified atom stereocenters. The number of amides is 1. The minimum atomic E-state index is -0.953. The van der Waals surface area contributed by atoms with Gasteiger partial charge in [-0.3, -0.25) is 15.0 Å². The van der Waals surface area contributed by atoms with Gasteiger partial charge in [0.15, 0.2) is 0 Å². The average molecular weight is 505 g/mol. The Hall–Kier alpha value is -4.34. The number of carboxylic acid groups (broad SMARTS) is 1. The highest BCUT2D eigenvalue weighted by atomic mass is 35.5. The number of aromatic nitrogens is 1. The molecule has 9 nitrogen and oxygen atoms in total. The lowest BCUT2D eigenvalue weighted by Gasteiger charge is -2.15. The van der Waals surface area contributed by atoms with Crippen LogP contribution >= 0.6 is 11.6 Å². The van der Waals surface area contributed by atoms with Crippen LogP contribution in [0, 0.1) is 5.41 Å². The molecule has 0 aliphatic heterocycles. The van der Waals surface area contributed by atoms with Crippen molar-refractivity contribution in [1.29, 1.82) is 5.41 Å². The van der Waals surface area contributed by atoms with E-state index in [1.807, 2.05) is 18.2 Å². The van der Waals surface area contributed by atoms with E-state index in [2.05, 4.69) is 10.6 Å². The lowest BCUT2D eigenvalue weighted by molar-refractivity contribution is -0.137. The summed E-state index contributed by atoms with van der Waals surface area (Å²) in [4.78, 5) is 24.5. The fraction of sp³-hybridized carbons (Fsp3) is 0.115. The number of rotatable bonds is 9. The highest BCUT2D eigenvalue weighted by molar-refractivity contribution is 6.31. The number of carboxylic acids is 1. The van der Waals surface area contributed by atoms with Crippen molar-refractivity contribution < 1.29 is 14.7 Å². The molecule has 4 aromatic rings. The monoisotopic (exact) mass is 504 g/mol. The topological polar surface area (TPSA) is 159 Å². The van der Waals surface area contributed by atoms with Crippen molar-refractivity contribution in [2.24, 2.45) is 11.5 Å². The number of amidine groups is 1.